The molecule has 4 bridgehead atoms. The van der Waals surface area contributed by atoms with E-state index in [-0.39, 0.29) is 52.8 Å². The lowest BCUT2D eigenvalue weighted by atomic mass is 9.87. The van der Waals surface area contributed by atoms with Crippen LogP contribution >= 0.6 is 0 Å². The van der Waals surface area contributed by atoms with Gasteiger partial charge in [0.25, 0.3) is 15.9 Å². The summed E-state index contributed by atoms with van der Waals surface area (Å²) in [6.07, 6.45) is 2.68. The Bertz CT molecular complexity index is 1960. The molecule has 2 aromatic heterocycles. The first-order valence-corrected chi connectivity index (χ1v) is 18.5. The molecule has 0 unspecified atom stereocenters. The van der Waals surface area contributed by atoms with E-state index < -0.39 is 16.1 Å². The van der Waals surface area contributed by atoms with E-state index in [9.17, 15) is 13.2 Å². The molecule has 1 fully saturated rings. The number of ether oxygens (including phenoxy) is 2. The summed E-state index contributed by atoms with van der Waals surface area (Å²) in [4.78, 5) is 32.7. The molecule has 0 saturated carbocycles. The number of methoxy groups -OCH3 is 1. The number of pyridine rings is 1. The Labute approximate surface area is 295 Å². The molecule has 1 saturated heterocycles. The highest BCUT2D eigenvalue weighted by atomic mass is 32.2. The number of hydrogen-bond donors (Lipinski definition) is 1. The zero-order chi connectivity index (χ0) is 35.6. The summed E-state index contributed by atoms with van der Waals surface area (Å²) in [7, 11) is -2.46. The molecule has 4 heterocycles. The Morgan fingerprint density at radius 3 is 2.44 bits per heavy atom. The van der Waals surface area contributed by atoms with Crippen LogP contribution in [0.2, 0.25) is 0 Å². The molecular weight excluding hydrogens is 653 g/mol. The molecule has 2 aliphatic heterocycles. The van der Waals surface area contributed by atoms with Crippen LogP contribution in [0.15, 0.2) is 71.6 Å². The van der Waals surface area contributed by atoms with Crippen molar-refractivity contribution in [2.75, 3.05) is 36.5 Å². The molecule has 0 spiro atoms. The lowest BCUT2D eigenvalue weighted by molar-refractivity contribution is 0.0509. The summed E-state index contributed by atoms with van der Waals surface area (Å²) in [5.41, 5.74) is 4.13. The van der Waals surface area contributed by atoms with Gasteiger partial charge in [0.1, 0.15) is 12.4 Å². The Kier molecular flexibility index (Phi) is 10.1. The SMILES string of the molecule is COC[C@H]1CCCN1c1cccc(CN2C(=O)c3cccc(c3)S(=O)(=O)Nc3nc(cc(-c4c(C)cccc4C)n3)OC[C@H]2CC(C)(C)C)n1. The van der Waals surface area contributed by atoms with Gasteiger partial charge in [-0.05, 0) is 80.0 Å². The Morgan fingerprint density at radius 2 is 1.70 bits per heavy atom. The zero-order valence-corrected chi connectivity index (χ0v) is 30.5. The molecule has 1 amide bonds. The summed E-state index contributed by atoms with van der Waals surface area (Å²) < 4.78 is 41.9. The highest BCUT2D eigenvalue weighted by Crippen LogP contribution is 2.32. The number of amides is 1. The number of hydrogen-bond acceptors (Lipinski definition) is 9. The summed E-state index contributed by atoms with van der Waals surface area (Å²) in [5, 5.41) is 0. The smallest absolute Gasteiger partial charge is 0.264 e. The standard InChI is InChI=1S/C38H46N6O5S/c1-25-11-7-12-26(2)35(25)32-20-34-41-37(40-32)42-50(46,47)31-16-8-13-27(19-31)36(45)44(30(24-49-34)21-38(3,4)5)22-28-14-9-17-33(39-28)43-18-10-15-29(43)23-48-6/h7-9,11-14,16-17,19-20,29-30H,10,15,18,21-24H2,1-6H3,(H,40,41,42)/t29-,30-/m1/s1. The van der Waals surface area contributed by atoms with Gasteiger partial charge in [-0.2, -0.15) is 4.98 Å². The van der Waals surface area contributed by atoms with Crippen molar-refractivity contribution in [3.8, 4) is 17.1 Å². The molecule has 2 aliphatic rings. The average Bonchev–Trinajstić information content (AvgIpc) is 3.53. The lowest BCUT2D eigenvalue weighted by Crippen LogP contribution is -2.45. The van der Waals surface area contributed by atoms with E-state index in [1.165, 1.54) is 12.1 Å². The van der Waals surface area contributed by atoms with Crippen LogP contribution < -0.4 is 14.4 Å². The minimum Gasteiger partial charge on any atom is -0.475 e. The van der Waals surface area contributed by atoms with Crippen molar-refractivity contribution in [2.45, 2.75) is 77.4 Å². The van der Waals surface area contributed by atoms with E-state index in [1.54, 1.807) is 30.2 Å². The van der Waals surface area contributed by atoms with E-state index in [4.69, 9.17) is 14.5 Å². The maximum Gasteiger partial charge on any atom is 0.264 e. The first kappa shape index (κ1) is 35.3. The molecule has 2 atom stereocenters. The van der Waals surface area contributed by atoms with E-state index >= 15 is 0 Å². The highest BCUT2D eigenvalue weighted by Gasteiger charge is 2.32. The van der Waals surface area contributed by atoms with Crippen molar-refractivity contribution < 1.29 is 22.7 Å². The molecule has 11 nitrogen and oxygen atoms in total. The second-order valence-corrected chi connectivity index (χ2v) is 16.1. The number of fused-ring (bicyclic) bond motifs is 4. The number of nitrogens with zero attached hydrogens (tertiary/aromatic N) is 5. The third kappa shape index (κ3) is 7.92. The number of aryl methyl sites for hydroxylation is 2. The van der Waals surface area contributed by atoms with Crippen LogP contribution in [0.1, 0.15) is 67.2 Å². The molecule has 50 heavy (non-hydrogen) atoms. The summed E-state index contributed by atoms with van der Waals surface area (Å²) >= 11 is 0. The minimum absolute atomic E-state index is 0.0724. The quantitative estimate of drug-likeness (QED) is 0.233. The van der Waals surface area contributed by atoms with Crippen molar-refractivity contribution in [3.63, 3.8) is 0 Å². The van der Waals surface area contributed by atoms with Gasteiger partial charge in [-0.15, -0.1) is 0 Å². The number of anilines is 2. The van der Waals surface area contributed by atoms with Crippen molar-refractivity contribution in [2.24, 2.45) is 5.41 Å². The fourth-order valence-electron chi connectivity index (χ4n) is 6.94. The monoisotopic (exact) mass is 698 g/mol. The number of benzene rings is 2. The molecular formula is C38H46N6O5S. The Morgan fingerprint density at radius 1 is 0.960 bits per heavy atom. The second kappa shape index (κ2) is 14.4. The Balaban J connectivity index is 1.45. The lowest BCUT2D eigenvalue weighted by Gasteiger charge is -2.36. The third-order valence-corrected chi connectivity index (χ3v) is 10.5. The van der Waals surface area contributed by atoms with Crippen molar-refractivity contribution in [1.29, 1.82) is 0 Å². The van der Waals surface area contributed by atoms with Crippen LogP contribution in [-0.4, -0.2) is 73.1 Å². The summed E-state index contributed by atoms with van der Waals surface area (Å²) in [5.74, 6) is 0.607. The minimum atomic E-state index is -4.17. The second-order valence-electron chi connectivity index (χ2n) is 14.4. The van der Waals surface area contributed by atoms with E-state index in [2.05, 4.69) is 40.4 Å². The number of carbonyl (C=O) groups excluding carboxylic acids is 1. The average molecular weight is 699 g/mol. The van der Waals surface area contributed by atoms with Gasteiger partial charge in [0, 0.05) is 30.8 Å². The van der Waals surface area contributed by atoms with Crippen LogP contribution in [0.4, 0.5) is 11.8 Å². The molecule has 2 aromatic carbocycles. The van der Waals surface area contributed by atoms with Crippen LogP contribution in [-0.2, 0) is 21.3 Å². The van der Waals surface area contributed by atoms with Crippen molar-refractivity contribution in [1.82, 2.24) is 19.9 Å². The molecule has 12 heteroatoms. The fourth-order valence-corrected chi connectivity index (χ4v) is 7.93. The Hall–Kier alpha value is -4.55. The summed E-state index contributed by atoms with van der Waals surface area (Å²) in [6.45, 7) is 12.1. The largest absolute Gasteiger partial charge is 0.475 e. The van der Waals surface area contributed by atoms with Crippen LogP contribution in [0.3, 0.4) is 0 Å². The maximum absolute atomic E-state index is 14.6. The van der Waals surface area contributed by atoms with Gasteiger partial charge in [0.2, 0.25) is 11.8 Å². The van der Waals surface area contributed by atoms with E-state index in [1.807, 2.05) is 50.2 Å². The van der Waals surface area contributed by atoms with Gasteiger partial charge in [-0.3, -0.25) is 4.79 Å². The number of aromatic nitrogens is 3. The fraction of sp³-hybridized carbons (Fsp3) is 0.421. The molecule has 0 aliphatic carbocycles. The molecule has 4 aromatic rings. The van der Waals surface area contributed by atoms with Crippen molar-refractivity contribution in [3.05, 3.63) is 89.1 Å². The number of carbonyl (C=O) groups is 1. The maximum atomic E-state index is 14.6. The highest BCUT2D eigenvalue weighted by molar-refractivity contribution is 7.92. The number of rotatable bonds is 7. The van der Waals surface area contributed by atoms with Gasteiger partial charge in [-0.1, -0.05) is 51.1 Å². The van der Waals surface area contributed by atoms with E-state index in [0.717, 1.165) is 41.9 Å². The van der Waals surface area contributed by atoms with Gasteiger partial charge in [-0.25, -0.2) is 23.1 Å². The van der Waals surface area contributed by atoms with Gasteiger partial charge < -0.3 is 19.3 Å². The normalized spacial score (nSPS) is 19.2. The summed E-state index contributed by atoms with van der Waals surface area (Å²) in [6, 6.07) is 19.5. The molecule has 1 N–H and O–H groups in total. The molecule has 0 radical (unpaired) electrons. The van der Waals surface area contributed by atoms with Gasteiger partial charge in [0.15, 0.2) is 0 Å². The van der Waals surface area contributed by atoms with Crippen LogP contribution in [0, 0.1) is 19.3 Å². The first-order chi connectivity index (χ1) is 23.8. The molecule has 6 rings (SSSR count). The third-order valence-electron chi connectivity index (χ3n) is 9.18. The van der Waals surface area contributed by atoms with Crippen molar-refractivity contribution >= 4 is 27.7 Å². The predicted octanol–water partition coefficient (Wildman–Crippen LogP) is 6.41. The zero-order valence-electron chi connectivity index (χ0n) is 29.6. The van der Waals surface area contributed by atoms with Gasteiger partial charge >= 0.3 is 0 Å². The topological polar surface area (TPSA) is 127 Å². The first-order valence-electron chi connectivity index (χ1n) is 17.0. The van der Waals surface area contributed by atoms with Crippen LogP contribution in [0.25, 0.3) is 11.3 Å². The predicted molar refractivity (Wildman–Crippen MR) is 194 cm³/mol. The number of nitrogens with one attached hydrogen (secondary N) is 1. The molecule has 264 valence electrons. The van der Waals surface area contributed by atoms with Crippen LogP contribution in [0.5, 0.6) is 5.88 Å². The number of sulfonamides is 1. The van der Waals surface area contributed by atoms with E-state index in [0.29, 0.717) is 24.4 Å². The van der Waals surface area contributed by atoms with Gasteiger partial charge in [0.05, 0.1) is 41.5 Å².